The van der Waals surface area contributed by atoms with Crippen LogP contribution < -0.4 is 14.8 Å². The lowest BCUT2D eigenvalue weighted by atomic mass is 10.0. The van der Waals surface area contributed by atoms with Crippen LogP contribution >= 0.6 is 0 Å². The average Bonchev–Trinajstić information content (AvgIpc) is 2.56. The molecule has 1 amide bonds. The quantitative estimate of drug-likeness (QED) is 0.534. The Hall–Kier alpha value is -1.71. The maximum atomic E-state index is 12.0. The van der Waals surface area contributed by atoms with Crippen molar-refractivity contribution in [1.82, 2.24) is 5.32 Å². The first-order valence-electron chi connectivity index (χ1n) is 9.52. The number of methoxy groups -OCH3 is 1. The zero-order valence-corrected chi connectivity index (χ0v) is 16.6. The van der Waals surface area contributed by atoms with Gasteiger partial charge in [-0.2, -0.15) is 0 Å². The minimum atomic E-state index is 0.0972. The van der Waals surface area contributed by atoms with Crippen LogP contribution in [0.5, 0.6) is 11.5 Å². The Labute approximate surface area is 153 Å². The first kappa shape index (κ1) is 21.3. The second-order valence-electron chi connectivity index (χ2n) is 7.28. The molecule has 0 heterocycles. The molecule has 1 aromatic carbocycles. The molecule has 1 N–H and O–H groups in total. The Morgan fingerprint density at radius 3 is 2.40 bits per heavy atom. The second-order valence-corrected chi connectivity index (χ2v) is 7.28. The van der Waals surface area contributed by atoms with Gasteiger partial charge in [0.2, 0.25) is 5.91 Å². The fraction of sp³-hybridized carbons (Fsp3) is 0.667. The first-order valence-corrected chi connectivity index (χ1v) is 9.52. The lowest BCUT2D eigenvalue weighted by molar-refractivity contribution is -0.121. The molecule has 0 bridgehead atoms. The number of ether oxygens (including phenoxy) is 2. The number of benzene rings is 1. The molecule has 142 valence electrons. The molecule has 0 unspecified atom stereocenters. The third-order valence-electron chi connectivity index (χ3n) is 4.02. The van der Waals surface area contributed by atoms with Gasteiger partial charge < -0.3 is 14.8 Å². The number of rotatable bonds is 12. The van der Waals surface area contributed by atoms with E-state index in [0.717, 1.165) is 30.1 Å². The lowest BCUT2D eigenvalue weighted by Gasteiger charge is -2.14. The highest BCUT2D eigenvalue weighted by atomic mass is 16.5. The molecule has 1 aromatic rings. The predicted octanol–water partition coefficient (Wildman–Crippen LogP) is 5.10. The van der Waals surface area contributed by atoms with Gasteiger partial charge in [0.1, 0.15) is 0 Å². The molecule has 0 saturated heterocycles. The van der Waals surface area contributed by atoms with E-state index >= 15 is 0 Å². The summed E-state index contributed by atoms with van der Waals surface area (Å²) in [7, 11) is 1.63. The number of nitrogens with one attached hydrogen (secondary N) is 1. The maximum absolute atomic E-state index is 12.0. The molecule has 0 atom stereocenters. The van der Waals surface area contributed by atoms with Crippen molar-refractivity contribution in [2.24, 2.45) is 5.92 Å². The molecule has 0 aliphatic rings. The van der Waals surface area contributed by atoms with Gasteiger partial charge >= 0.3 is 0 Å². The number of hydrogen-bond donors (Lipinski definition) is 1. The highest BCUT2D eigenvalue weighted by molar-refractivity contribution is 5.75. The van der Waals surface area contributed by atoms with Crippen molar-refractivity contribution < 1.29 is 14.3 Å². The fourth-order valence-electron chi connectivity index (χ4n) is 2.65. The van der Waals surface area contributed by atoms with E-state index in [0.29, 0.717) is 18.7 Å². The van der Waals surface area contributed by atoms with Crippen molar-refractivity contribution in [2.75, 3.05) is 7.11 Å². The van der Waals surface area contributed by atoms with Crippen LogP contribution in [0.3, 0.4) is 0 Å². The molecular weight excluding hydrogens is 314 g/mol. The summed E-state index contributed by atoms with van der Waals surface area (Å²) in [6, 6.07) is 5.78. The van der Waals surface area contributed by atoms with E-state index in [9.17, 15) is 4.79 Å². The van der Waals surface area contributed by atoms with Gasteiger partial charge in [0.25, 0.3) is 0 Å². The summed E-state index contributed by atoms with van der Waals surface area (Å²) < 4.78 is 11.1. The Kier molecular flexibility index (Phi) is 10.0. The third kappa shape index (κ3) is 9.37. The molecule has 0 aliphatic heterocycles. The molecule has 0 aromatic heterocycles. The molecular formula is C21H35NO3. The molecule has 0 fully saturated rings. The van der Waals surface area contributed by atoms with Crippen LogP contribution in [0.4, 0.5) is 0 Å². The van der Waals surface area contributed by atoms with Gasteiger partial charge in [-0.25, -0.2) is 0 Å². The van der Waals surface area contributed by atoms with E-state index in [1.54, 1.807) is 7.11 Å². The Bertz CT molecular complexity index is 512. The maximum Gasteiger partial charge on any atom is 0.220 e. The van der Waals surface area contributed by atoms with E-state index in [2.05, 4.69) is 19.2 Å². The average molecular weight is 350 g/mol. The Morgan fingerprint density at radius 1 is 1.04 bits per heavy atom. The molecule has 0 radical (unpaired) electrons. The van der Waals surface area contributed by atoms with Gasteiger partial charge in [0, 0.05) is 13.0 Å². The van der Waals surface area contributed by atoms with Gasteiger partial charge in [0.15, 0.2) is 11.5 Å². The third-order valence-corrected chi connectivity index (χ3v) is 4.02. The zero-order chi connectivity index (χ0) is 18.7. The topological polar surface area (TPSA) is 47.6 Å². The summed E-state index contributed by atoms with van der Waals surface area (Å²) in [5, 5.41) is 2.98. The summed E-state index contributed by atoms with van der Waals surface area (Å²) in [5.41, 5.74) is 1.01. The summed E-state index contributed by atoms with van der Waals surface area (Å²) >= 11 is 0. The van der Waals surface area contributed by atoms with Crippen LogP contribution in [0, 0.1) is 5.92 Å². The van der Waals surface area contributed by atoms with Crippen LogP contribution in [-0.2, 0) is 11.3 Å². The van der Waals surface area contributed by atoms with E-state index in [1.165, 1.54) is 19.3 Å². The summed E-state index contributed by atoms with van der Waals surface area (Å²) in [6.07, 6.45) is 6.57. The lowest BCUT2D eigenvalue weighted by Crippen LogP contribution is -2.22. The standard InChI is InChI=1S/C21H35NO3/c1-16(2)10-8-6-7-9-11-21(23)22-15-18-12-13-19(25-17(3)4)20(14-18)24-5/h12-14,16-17H,6-11,15H2,1-5H3,(H,22,23). The molecule has 0 aliphatic carbocycles. The molecule has 4 heteroatoms. The number of carbonyl (C=O) groups excluding carboxylic acids is 1. The van der Waals surface area contributed by atoms with Crippen molar-refractivity contribution in [1.29, 1.82) is 0 Å². The van der Waals surface area contributed by atoms with Crippen molar-refractivity contribution >= 4 is 5.91 Å². The van der Waals surface area contributed by atoms with Crippen molar-refractivity contribution in [3.8, 4) is 11.5 Å². The molecule has 4 nitrogen and oxygen atoms in total. The summed E-state index contributed by atoms with van der Waals surface area (Å²) in [5.74, 6) is 2.32. The minimum Gasteiger partial charge on any atom is -0.493 e. The van der Waals surface area contributed by atoms with Gasteiger partial charge in [-0.15, -0.1) is 0 Å². The number of carbonyl (C=O) groups is 1. The Balaban J connectivity index is 2.31. The predicted molar refractivity (Wildman–Crippen MR) is 103 cm³/mol. The van der Waals surface area contributed by atoms with Gasteiger partial charge in [-0.05, 0) is 43.9 Å². The van der Waals surface area contributed by atoms with E-state index in [4.69, 9.17) is 9.47 Å². The second kappa shape index (κ2) is 11.8. The van der Waals surface area contributed by atoms with Crippen LogP contribution in [-0.4, -0.2) is 19.1 Å². The van der Waals surface area contributed by atoms with Crippen molar-refractivity contribution in [2.45, 2.75) is 78.9 Å². The van der Waals surface area contributed by atoms with E-state index < -0.39 is 0 Å². The minimum absolute atomic E-state index is 0.0972. The van der Waals surface area contributed by atoms with Gasteiger partial charge in [-0.3, -0.25) is 4.79 Å². The number of amides is 1. The number of unbranched alkanes of at least 4 members (excludes halogenated alkanes) is 3. The fourth-order valence-corrected chi connectivity index (χ4v) is 2.65. The summed E-state index contributed by atoms with van der Waals surface area (Å²) in [6.45, 7) is 8.99. The first-order chi connectivity index (χ1) is 11.9. The molecule has 1 rings (SSSR count). The van der Waals surface area contributed by atoms with E-state index in [1.807, 2.05) is 32.0 Å². The van der Waals surface area contributed by atoms with Crippen LogP contribution in [0.2, 0.25) is 0 Å². The SMILES string of the molecule is COc1cc(CNC(=O)CCCCCCC(C)C)ccc1OC(C)C. The highest BCUT2D eigenvalue weighted by Crippen LogP contribution is 2.28. The van der Waals surface area contributed by atoms with Crippen molar-refractivity contribution in [3.63, 3.8) is 0 Å². The highest BCUT2D eigenvalue weighted by Gasteiger charge is 2.08. The van der Waals surface area contributed by atoms with Crippen LogP contribution in [0.15, 0.2) is 18.2 Å². The smallest absolute Gasteiger partial charge is 0.220 e. The normalized spacial score (nSPS) is 11.0. The summed E-state index contributed by atoms with van der Waals surface area (Å²) in [4.78, 5) is 12.0. The number of hydrogen-bond acceptors (Lipinski definition) is 3. The van der Waals surface area contributed by atoms with E-state index in [-0.39, 0.29) is 12.0 Å². The molecule has 0 saturated carbocycles. The monoisotopic (exact) mass is 349 g/mol. The van der Waals surface area contributed by atoms with Crippen LogP contribution in [0.25, 0.3) is 0 Å². The molecule has 25 heavy (non-hydrogen) atoms. The molecule has 0 spiro atoms. The zero-order valence-electron chi connectivity index (χ0n) is 16.6. The van der Waals surface area contributed by atoms with Crippen molar-refractivity contribution in [3.05, 3.63) is 23.8 Å². The Morgan fingerprint density at radius 2 is 1.76 bits per heavy atom. The van der Waals surface area contributed by atoms with Gasteiger partial charge in [-0.1, -0.05) is 45.6 Å². The largest absolute Gasteiger partial charge is 0.493 e. The van der Waals surface area contributed by atoms with Crippen LogP contribution in [0.1, 0.15) is 71.8 Å². The van der Waals surface area contributed by atoms with Gasteiger partial charge in [0.05, 0.1) is 13.2 Å².